The van der Waals surface area contributed by atoms with Crippen LogP contribution in [0, 0.1) is 0 Å². The predicted octanol–water partition coefficient (Wildman–Crippen LogP) is 4.30. The highest BCUT2D eigenvalue weighted by Crippen LogP contribution is 2.31. The molecule has 0 unspecified atom stereocenters. The SMILES string of the molecule is CCOC(=O)C(C)(C)c1csc(-c2ccc(Cl)cc2)n1. The average molecular weight is 310 g/mol. The van der Waals surface area contributed by atoms with Crippen LogP contribution in [-0.4, -0.2) is 17.6 Å². The van der Waals surface area contributed by atoms with Gasteiger partial charge in [0.25, 0.3) is 0 Å². The quantitative estimate of drug-likeness (QED) is 0.790. The van der Waals surface area contributed by atoms with Gasteiger partial charge in [-0.15, -0.1) is 11.3 Å². The van der Waals surface area contributed by atoms with Gasteiger partial charge in [0, 0.05) is 16.0 Å². The Bertz CT molecular complexity index is 605. The van der Waals surface area contributed by atoms with Crippen molar-refractivity contribution in [3.8, 4) is 10.6 Å². The Morgan fingerprint density at radius 3 is 2.60 bits per heavy atom. The number of hydrogen-bond donors (Lipinski definition) is 0. The second-order valence-electron chi connectivity index (χ2n) is 4.89. The zero-order chi connectivity index (χ0) is 14.8. The number of aromatic nitrogens is 1. The first kappa shape index (κ1) is 15.0. The molecule has 0 spiro atoms. The van der Waals surface area contributed by atoms with E-state index in [1.165, 1.54) is 11.3 Å². The number of esters is 1. The van der Waals surface area contributed by atoms with Crippen molar-refractivity contribution in [2.75, 3.05) is 6.61 Å². The highest BCUT2D eigenvalue weighted by atomic mass is 35.5. The van der Waals surface area contributed by atoms with Gasteiger partial charge in [0.2, 0.25) is 0 Å². The number of ether oxygens (including phenoxy) is 1. The molecule has 20 heavy (non-hydrogen) atoms. The van der Waals surface area contributed by atoms with E-state index >= 15 is 0 Å². The molecule has 106 valence electrons. The minimum atomic E-state index is -0.739. The summed E-state index contributed by atoms with van der Waals surface area (Å²) in [7, 11) is 0. The van der Waals surface area contributed by atoms with Gasteiger partial charge in [0.1, 0.15) is 10.4 Å². The predicted molar refractivity (Wildman–Crippen MR) is 82.2 cm³/mol. The largest absolute Gasteiger partial charge is 0.465 e. The van der Waals surface area contributed by atoms with E-state index in [2.05, 4.69) is 4.98 Å². The molecular weight excluding hydrogens is 294 g/mol. The highest BCUT2D eigenvalue weighted by Gasteiger charge is 2.33. The van der Waals surface area contributed by atoms with E-state index in [9.17, 15) is 4.79 Å². The number of rotatable bonds is 4. The van der Waals surface area contributed by atoms with Crippen LogP contribution in [0.25, 0.3) is 10.6 Å². The van der Waals surface area contributed by atoms with Gasteiger partial charge in [-0.05, 0) is 32.9 Å². The molecule has 3 nitrogen and oxygen atoms in total. The minimum absolute atomic E-state index is 0.257. The monoisotopic (exact) mass is 309 g/mol. The van der Waals surface area contributed by atoms with Crippen molar-refractivity contribution < 1.29 is 9.53 Å². The molecule has 5 heteroatoms. The van der Waals surface area contributed by atoms with Gasteiger partial charge in [0.15, 0.2) is 0 Å². The van der Waals surface area contributed by atoms with Crippen LogP contribution in [0.4, 0.5) is 0 Å². The van der Waals surface area contributed by atoms with Gasteiger partial charge in [-0.25, -0.2) is 4.98 Å². The third kappa shape index (κ3) is 3.02. The fourth-order valence-corrected chi connectivity index (χ4v) is 2.82. The highest BCUT2D eigenvalue weighted by molar-refractivity contribution is 7.13. The number of halogens is 1. The standard InChI is InChI=1S/C15H16ClNO2S/c1-4-19-14(18)15(2,3)12-9-20-13(17-12)10-5-7-11(16)8-6-10/h5-9H,4H2,1-3H3. The van der Waals surface area contributed by atoms with E-state index in [0.29, 0.717) is 11.6 Å². The van der Waals surface area contributed by atoms with Crippen molar-refractivity contribution in [1.29, 1.82) is 0 Å². The zero-order valence-corrected chi connectivity index (χ0v) is 13.2. The third-order valence-corrected chi connectivity index (χ3v) is 4.16. The number of nitrogens with zero attached hydrogens (tertiary/aromatic N) is 1. The molecule has 1 heterocycles. The van der Waals surface area contributed by atoms with Crippen LogP contribution in [0.2, 0.25) is 5.02 Å². The number of thiazole rings is 1. The van der Waals surface area contributed by atoms with Gasteiger partial charge >= 0.3 is 5.97 Å². The molecular formula is C15H16ClNO2S. The Balaban J connectivity index is 2.28. The lowest BCUT2D eigenvalue weighted by Crippen LogP contribution is -2.31. The summed E-state index contributed by atoms with van der Waals surface area (Å²) in [5.74, 6) is -0.257. The van der Waals surface area contributed by atoms with Crippen LogP contribution in [0.5, 0.6) is 0 Å². The summed E-state index contributed by atoms with van der Waals surface area (Å²) in [6.45, 7) is 5.82. The second kappa shape index (κ2) is 5.94. The molecule has 0 saturated heterocycles. The van der Waals surface area contributed by atoms with Crippen LogP contribution in [0.3, 0.4) is 0 Å². The first-order chi connectivity index (χ1) is 9.45. The Kier molecular flexibility index (Phi) is 4.45. The van der Waals surface area contributed by atoms with E-state index in [-0.39, 0.29) is 5.97 Å². The van der Waals surface area contributed by atoms with Crippen LogP contribution in [0.1, 0.15) is 26.5 Å². The van der Waals surface area contributed by atoms with E-state index in [0.717, 1.165) is 16.3 Å². The first-order valence-corrected chi connectivity index (χ1v) is 7.60. The zero-order valence-electron chi connectivity index (χ0n) is 11.6. The van der Waals surface area contributed by atoms with Gasteiger partial charge in [-0.2, -0.15) is 0 Å². The average Bonchev–Trinajstić information content (AvgIpc) is 2.90. The van der Waals surface area contributed by atoms with Crippen molar-refractivity contribution >= 4 is 28.9 Å². The molecule has 0 radical (unpaired) electrons. The smallest absolute Gasteiger partial charge is 0.317 e. The molecule has 2 aromatic rings. The maximum Gasteiger partial charge on any atom is 0.317 e. The summed E-state index contributed by atoms with van der Waals surface area (Å²) in [5.41, 5.74) is 0.980. The second-order valence-corrected chi connectivity index (χ2v) is 6.18. The molecule has 0 saturated carbocycles. The van der Waals surface area contributed by atoms with Gasteiger partial charge < -0.3 is 4.74 Å². The molecule has 0 fully saturated rings. The maximum absolute atomic E-state index is 12.0. The molecule has 1 aromatic carbocycles. The van der Waals surface area contributed by atoms with Gasteiger partial charge in [-0.3, -0.25) is 4.79 Å². The van der Waals surface area contributed by atoms with Crippen molar-refractivity contribution in [1.82, 2.24) is 4.98 Å². The summed E-state index contributed by atoms with van der Waals surface area (Å²) in [6, 6.07) is 7.49. The fourth-order valence-electron chi connectivity index (χ4n) is 1.70. The molecule has 0 atom stereocenters. The molecule has 0 aliphatic carbocycles. The maximum atomic E-state index is 12.0. The van der Waals surface area contributed by atoms with Crippen LogP contribution in [-0.2, 0) is 14.9 Å². The van der Waals surface area contributed by atoms with Crippen LogP contribution >= 0.6 is 22.9 Å². The van der Waals surface area contributed by atoms with Crippen molar-refractivity contribution in [3.63, 3.8) is 0 Å². The van der Waals surface area contributed by atoms with Crippen molar-refractivity contribution in [2.45, 2.75) is 26.2 Å². The number of hydrogen-bond acceptors (Lipinski definition) is 4. The Morgan fingerprint density at radius 1 is 1.35 bits per heavy atom. The molecule has 1 aromatic heterocycles. The van der Waals surface area contributed by atoms with E-state index in [1.807, 2.05) is 43.5 Å². The Morgan fingerprint density at radius 2 is 2.00 bits per heavy atom. The molecule has 0 amide bonds. The Labute approximate surface area is 127 Å². The van der Waals surface area contributed by atoms with Gasteiger partial charge in [-0.1, -0.05) is 23.7 Å². The topological polar surface area (TPSA) is 39.2 Å². The fraction of sp³-hybridized carbons (Fsp3) is 0.333. The molecule has 2 rings (SSSR count). The van der Waals surface area contributed by atoms with Crippen LogP contribution in [0.15, 0.2) is 29.6 Å². The summed E-state index contributed by atoms with van der Waals surface area (Å²) in [4.78, 5) is 16.5. The van der Waals surface area contributed by atoms with Gasteiger partial charge in [0.05, 0.1) is 12.3 Å². The molecule has 0 aliphatic heterocycles. The minimum Gasteiger partial charge on any atom is -0.465 e. The lowest BCUT2D eigenvalue weighted by molar-refractivity contribution is -0.148. The lowest BCUT2D eigenvalue weighted by atomic mass is 9.90. The molecule has 0 aliphatic rings. The number of carbonyl (C=O) groups excluding carboxylic acids is 1. The van der Waals surface area contributed by atoms with Crippen molar-refractivity contribution in [2.24, 2.45) is 0 Å². The van der Waals surface area contributed by atoms with Crippen LogP contribution < -0.4 is 0 Å². The van der Waals surface area contributed by atoms with Crippen molar-refractivity contribution in [3.05, 3.63) is 40.4 Å². The molecule has 0 bridgehead atoms. The summed E-state index contributed by atoms with van der Waals surface area (Å²) < 4.78 is 5.10. The van der Waals surface area contributed by atoms with E-state index in [1.54, 1.807) is 6.92 Å². The van der Waals surface area contributed by atoms with E-state index in [4.69, 9.17) is 16.3 Å². The third-order valence-electron chi connectivity index (χ3n) is 3.02. The summed E-state index contributed by atoms with van der Waals surface area (Å²) >= 11 is 7.38. The lowest BCUT2D eigenvalue weighted by Gasteiger charge is -2.19. The Hall–Kier alpha value is -1.39. The number of benzene rings is 1. The summed E-state index contributed by atoms with van der Waals surface area (Å²) in [6.07, 6.45) is 0. The summed E-state index contributed by atoms with van der Waals surface area (Å²) in [5, 5.41) is 3.47. The number of carbonyl (C=O) groups is 1. The normalized spacial score (nSPS) is 11.4. The molecule has 0 N–H and O–H groups in total. The first-order valence-electron chi connectivity index (χ1n) is 6.34. The van der Waals surface area contributed by atoms with E-state index < -0.39 is 5.41 Å².